The third-order valence-electron chi connectivity index (χ3n) is 2.01. The summed E-state index contributed by atoms with van der Waals surface area (Å²) in [6, 6.07) is 3.22. The third-order valence-corrected chi connectivity index (χ3v) is 4.83. The molecule has 0 aliphatic rings. The van der Waals surface area contributed by atoms with Gasteiger partial charge in [0.1, 0.15) is 4.21 Å². The van der Waals surface area contributed by atoms with Crippen LogP contribution in [0.15, 0.2) is 21.7 Å². The maximum Gasteiger partial charge on any atom is 0.250 e. The van der Waals surface area contributed by atoms with Crippen molar-refractivity contribution in [3.8, 4) is 0 Å². The fourth-order valence-electron chi connectivity index (χ4n) is 0.918. The first-order valence-electron chi connectivity index (χ1n) is 4.64. The largest absolute Gasteiger partial charge is 0.391 e. The molecular weight excluding hydrogens is 234 g/mol. The molecule has 0 bridgehead atoms. The highest BCUT2D eigenvalue weighted by atomic mass is 32.2. The van der Waals surface area contributed by atoms with E-state index >= 15 is 0 Å². The van der Waals surface area contributed by atoms with Gasteiger partial charge in [-0.1, -0.05) is 19.9 Å². The SMILES string of the molecule is CC(C)C(O)CNS(=O)(=O)c1cccs1. The van der Waals surface area contributed by atoms with Gasteiger partial charge in [0.15, 0.2) is 0 Å². The fourth-order valence-corrected chi connectivity index (χ4v) is 3.01. The van der Waals surface area contributed by atoms with E-state index < -0.39 is 16.1 Å². The Bertz CT molecular complexity index is 383. The Kier molecular flexibility index (Phi) is 4.27. The number of rotatable bonds is 5. The fraction of sp³-hybridized carbons (Fsp3) is 0.556. The summed E-state index contributed by atoms with van der Waals surface area (Å²) in [4.78, 5) is 0. The lowest BCUT2D eigenvalue weighted by atomic mass is 10.1. The first-order valence-corrected chi connectivity index (χ1v) is 7.01. The Labute approximate surface area is 94.0 Å². The van der Waals surface area contributed by atoms with Gasteiger partial charge in [-0.3, -0.25) is 0 Å². The van der Waals surface area contributed by atoms with Crippen molar-refractivity contribution < 1.29 is 13.5 Å². The van der Waals surface area contributed by atoms with E-state index in [1.165, 1.54) is 6.07 Å². The van der Waals surface area contributed by atoms with Gasteiger partial charge >= 0.3 is 0 Å². The third kappa shape index (κ3) is 3.57. The highest BCUT2D eigenvalue weighted by Crippen LogP contribution is 2.15. The summed E-state index contributed by atoms with van der Waals surface area (Å²) in [5.41, 5.74) is 0. The molecule has 1 aromatic rings. The molecule has 0 radical (unpaired) electrons. The standard InChI is InChI=1S/C9H15NO3S2/c1-7(2)8(11)6-10-15(12,13)9-4-3-5-14-9/h3-5,7-8,10-11H,6H2,1-2H3. The number of aliphatic hydroxyl groups excluding tert-OH is 1. The second kappa shape index (κ2) is 5.07. The Hall–Kier alpha value is -0.430. The molecule has 1 rings (SSSR count). The zero-order valence-corrected chi connectivity index (χ0v) is 10.3. The Morgan fingerprint density at radius 1 is 1.53 bits per heavy atom. The van der Waals surface area contributed by atoms with Gasteiger partial charge in [-0.05, 0) is 17.4 Å². The Morgan fingerprint density at radius 3 is 2.67 bits per heavy atom. The number of thiophene rings is 1. The minimum atomic E-state index is -3.44. The van der Waals surface area contributed by atoms with Crippen LogP contribution in [0.4, 0.5) is 0 Å². The van der Waals surface area contributed by atoms with Crippen molar-refractivity contribution in [2.75, 3.05) is 6.54 Å². The van der Waals surface area contributed by atoms with Gasteiger partial charge in [0.2, 0.25) is 10.0 Å². The van der Waals surface area contributed by atoms with Crippen molar-refractivity contribution in [3.05, 3.63) is 17.5 Å². The topological polar surface area (TPSA) is 66.4 Å². The maximum atomic E-state index is 11.6. The van der Waals surface area contributed by atoms with E-state index in [2.05, 4.69) is 4.72 Å². The van der Waals surface area contributed by atoms with Crippen LogP contribution < -0.4 is 4.72 Å². The summed E-state index contributed by atoms with van der Waals surface area (Å²) in [6.07, 6.45) is -0.653. The van der Waals surface area contributed by atoms with Crippen LogP contribution in [0.2, 0.25) is 0 Å². The van der Waals surface area contributed by atoms with Crippen LogP contribution in [-0.2, 0) is 10.0 Å². The van der Waals surface area contributed by atoms with E-state index in [-0.39, 0.29) is 16.7 Å². The molecular formula is C9H15NO3S2. The summed E-state index contributed by atoms with van der Waals surface area (Å²) >= 11 is 1.16. The molecule has 0 aliphatic carbocycles. The Morgan fingerprint density at radius 2 is 2.20 bits per heavy atom. The van der Waals surface area contributed by atoms with Crippen molar-refractivity contribution >= 4 is 21.4 Å². The number of hydrogen-bond acceptors (Lipinski definition) is 4. The van der Waals surface area contributed by atoms with Gasteiger partial charge in [-0.15, -0.1) is 11.3 Å². The van der Waals surface area contributed by atoms with Crippen LogP contribution in [0.25, 0.3) is 0 Å². The predicted octanol–water partition coefficient (Wildman–Crippen LogP) is 1.04. The minimum absolute atomic E-state index is 0.0380. The van der Waals surface area contributed by atoms with E-state index in [0.717, 1.165) is 11.3 Å². The van der Waals surface area contributed by atoms with E-state index in [9.17, 15) is 13.5 Å². The molecule has 0 saturated carbocycles. The van der Waals surface area contributed by atoms with Crippen molar-refractivity contribution in [2.45, 2.75) is 24.2 Å². The molecule has 1 aromatic heterocycles. The number of aliphatic hydroxyl groups is 1. The molecule has 4 nitrogen and oxygen atoms in total. The molecule has 0 aromatic carbocycles. The second-order valence-corrected chi connectivity index (χ2v) is 6.54. The first kappa shape index (κ1) is 12.6. The lowest BCUT2D eigenvalue weighted by Gasteiger charge is -2.14. The minimum Gasteiger partial charge on any atom is -0.391 e. The zero-order chi connectivity index (χ0) is 11.5. The average molecular weight is 249 g/mol. The van der Waals surface area contributed by atoms with Crippen LogP contribution in [-0.4, -0.2) is 26.2 Å². The molecule has 1 heterocycles. The number of nitrogens with one attached hydrogen (secondary N) is 1. The summed E-state index contributed by atoms with van der Waals surface area (Å²) in [5, 5.41) is 11.2. The molecule has 0 spiro atoms. The highest BCUT2D eigenvalue weighted by Gasteiger charge is 2.17. The summed E-state index contributed by atoms with van der Waals surface area (Å²) in [5.74, 6) is 0.0380. The normalized spacial score (nSPS) is 14.4. The molecule has 0 fully saturated rings. The van der Waals surface area contributed by atoms with Crippen molar-refractivity contribution in [1.82, 2.24) is 4.72 Å². The van der Waals surface area contributed by atoms with Gasteiger partial charge < -0.3 is 5.11 Å². The van der Waals surface area contributed by atoms with Crippen LogP contribution in [0.3, 0.4) is 0 Å². The van der Waals surface area contributed by atoms with Crippen molar-refractivity contribution in [3.63, 3.8) is 0 Å². The monoisotopic (exact) mass is 249 g/mol. The van der Waals surface area contributed by atoms with E-state index in [4.69, 9.17) is 0 Å². The molecule has 0 aliphatic heterocycles. The molecule has 0 amide bonds. The lowest BCUT2D eigenvalue weighted by Crippen LogP contribution is -2.34. The zero-order valence-electron chi connectivity index (χ0n) is 8.67. The molecule has 1 atom stereocenters. The van der Waals surface area contributed by atoms with Gasteiger partial charge in [0, 0.05) is 6.54 Å². The molecule has 86 valence electrons. The second-order valence-electron chi connectivity index (χ2n) is 3.60. The summed E-state index contributed by atoms with van der Waals surface area (Å²) in [7, 11) is -3.44. The molecule has 15 heavy (non-hydrogen) atoms. The Balaban J connectivity index is 2.59. The highest BCUT2D eigenvalue weighted by molar-refractivity contribution is 7.91. The van der Waals surface area contributed by atoms with Gasteiger partial charge in [-0.2, -0.15) is 0 Å². The molecule has 2 N–H and O–H groups in total. The summed E-state index contributed by atoms with van der Waals surface area (Å²) in [6.45, 7) is 3.73. The van der Waals surface area contributed by atoms with Crippen LogP contribution >= 0.6 is 11.3 Å². The van der Waals surface area contributed by atoms with Crippen molar-refractivity contribution in [1.29, 1.82) is 0 Å². The molecule has 6 heteroatoms. The quantitative estimate of drug-likeness (QED) is 0.819. The van der Waals surface area contributed by atoms with E-state index in [0.29, 0.717) is 0 Å². The van der Waals surface area contributed by atoms with Gasteiger partial charge in [0.05, 0.1) is 6.10 Å². The van der Waals surface area contributed by atoms with Crippen molar-refractivity contribution in [2.24, 2.45) is 5.92 Å². The summed E-state index contributed by atoms with van der Waals surface area (Å²) < 4.78 is 25.9. The average Bonchev–Trinajstić information content (AvgIpc) is 2.67. The maximum absolute atomic E-state index is 11.6. The predicted molar refractivity (Wildman–Crippen MR) is 60.4 cm³/mol. The van der Waals surface area contributed by atoms with E-state index in [1.807, 2.05) is 13.8 Å². The molecule has 0 saturated heterocycles. The molecule has 1 unspecified atom stereocenters. The first-order chi connectivity index (χ1) is 6.93. The van der Waals surface area contributed by atoms with Crippen LogP contribution in [0.5, 0.6) is 0 Å². The van der Waals surface area contributed by atoms with E-state index in [1.54, 1.807) is 11.4 Å². The van der Waals surface area contributed by atoms with Gasteiger partial charge in [-0.25, -0.2) is 13.1 Å². The van der Waals surface area contributed by atoms with Gasteiger partial charge in [0.25, 0.3) is 0 Å². The van der Waals surface area contributed by atoms with Crippen LogP contribution in [0, 0.1) is 5.92 Å². The van der Waals surface area contributed by atoms with Crippen LogP contribution in [0.1, 0.15) is 13.8 Å². The lowest BCUT2D eigenvalue weighted by molar-refractivity contribution is 0.129. The number of hydrogen-bond donors (Lipinski definition) is 2. The number of sulfonamides is 1. The smallest absolute Gasteiger partial charge is 0.250 e.